The largest absolute Gasteiger partial charge is 0.463 e. The van der Waals surface area contributed by atoms with Crippen molar-refractivity contribution in [3.8, 4) is 0 Å². The van der Waals surface area contributed by atoms with E-state index in [0.29, 0.717) is 17.6 Å². The summed E-state index contributed by atoms with van der Waals surface area (Å²) in [5.74, 6) is -0.943. The lowest BCUT2D eigenvalue weighted by atomic mass is 9.96. The number of hydrogen-bond acceptors (Lipinski definition) is 6. The van der Waals surface area contributed by atoms with Crippen LogP contribution < -0.4 is 10.6 Å². The highest BCUT2D eigenvalue weighted by atomic mass is 32.1. The number of aryl methyl sites for hydroxylation is 1. The maximum atomic E-state index is 12.6. The first-order valence-electron chi connectivity index (χ1n) is 9.29. The Hall–Kier alpha value is -2.35. The molecule has 1 atom stereocenters. The van der Waals surface area contributed by atoms with Gasteiger partial charge in [0.05, 0.1) is 29.5 Å². The van der Waals surface area contributed by atoms with Crippen molar-refractivity contribution >= 4 is 29.3 Å². The number of esters is 2. The number of rotatable bonds is 6. The summed E-state index contributed by atoms with van der Waals surface area (Å²) in [6.07, 6.45) is 4.64. The van der Waals surface area contributed by atoms with Gasteiger partial charge in [-0.1, -0.05) is 6.92 Å². The molecule has 0 unspecified atom stereocenters. The summed E-state index contributed by atoms with van der Waals surface area (Å²) in [5, 5.41) is 7.12. The number of nitrogens with one attached hydrogen (secondary N) is 2. The number of fused-ring (bicyclic) bond motifs is 1. The molecule has 1 aliphatic heterocycles. The summed E-state index contributed by atoms with van der Waals surface area (Å²) in [4.78, 5) is 38.0. The Labute approximate surface area is 162 Å². The van der Waals surface area contributed by atoms with Gasteiger partial charge in [-0.2, -0.15) is 0 Å². The molecule has 0 radical (unpaired) electrons. The SMILES string of the molecule is CCOC(=O)C1=C(COC(=O)c2csc3c2CCCC3)NC(=O)N[C@@H]1CC. The van der Waals surface area contributed by atoms with Gasteiger partial charge < -0.3 is 20.1 Å². The molecule has 1 aromatic heterocycles. The quantitative estimate of drug-likeness (QED) is 0.726. The van der Waals surface area contributed by atoms with Crippen LogP contribution >= 0.6 is 11.3 Å². The van der Waals surface area contributed by atoms with Crippen molar-refractivity contribution in [2.45, 2.75) is 52.0 Å². The van der Waals surface area contributed by atoms with Gasteiger partial charge in [-0.05, 0) is 44.6 Å². The van der Waals surface area contributed by atoms with Crippen LogP contribution in [0, 0.1) is 0 Å². The van der Waals surface area contributed by atoms with Crippen LogP contribution in [0.3, 0.4) is 0 Å². The second-order valence-electron chi connectivity index (χ2n) is 6.51. The summed E-state index contributed by atoms with van der Waals surface area (Å²) >= 11 is 1.59. The van der Waals surface area contributed by atoms with Gasteiger partial charge in [0, 0.05) is 10.3 Å². The van der Waals surface area contributed by atoms with Crippen LogP contribution in [0.4, 0.5) is 4.79 Å². The van der Waals surface area contributed by atoms with Crippen molar-refractivity contribution in [1.29, 1.82) is 0 Å². The van der Waals surface area contributed by atoms with Crippen LogP contribution in [0.5, 0.6) is 0 Å². The standard InChI is InChI=1S/C19H24N2O5S/c1-3-13-16(18(23)25-4-2)14(21-19(24)20-13)9-26-17(22)12-10-27-15-8-6-5-7-11(12)15/h10,13H,3-9H2,1-2H3,(H2,20,21,24)/t13-/m1/s1. The van der Waals surface area contributed by atoms with E-state index in [0.717, 1.165) is 31.2 Å². The Morgan fingerprint density at radius 3 is 2.70 bits per heavy atom. The highest BCUT2D eigenvalue weighted by Gasteiger charge is 2.32. The van der Waals surface area contributed by atoms with Crippen molar-refractivity contribution in [2.75, 3.05) is 13.2 Å². The minimum absolute atomic E-state index is 0.179. The molecule has 3 rings (SSSR count). The van der Waals surface area contributed by atoms with Gasteiger partial charge in [-0.25, -0.2) is 14.4 Å². The highest BCUT2D eigenvalue weighted by molar-refractivity contribution is 7.10. The first-order chi connectivity index (χ1) is 13.0. The molecule has 1 aliphatic carbocycles. The summed E-state index contributed by atoms with van der Waals surface area (Å²) < 4.78 is 10.6. The van der Waals surface area contributed by atoms with E-state index in [-0.39, 0.29) is 18.9 Å². The van der Waals surface area contributed by atoms with Crippen molar-refractivity contribution in [1.82, 2.24) is 10.6 Å². The second kappa shape index (κ2) is 8.56. The number of hydrogen-bond donors (Lipinski definition) is 2. The van der Waals surface area contributed by atoms with Gasteiger partial charge in [-0.15, -0.1) is 11.3 Å². The molecule has 0 saturated carbocycles. The fraction of sp³-hybridized carbons (Fsp3) is 0.526. The molecule has 7 nitrogen and oxygen atoms in total. The third-order valence-electron chi connectivity index (χ3n) is 4.78. The second-order valence-corrected chi connectivity index (χ2v) is 7.47. The Morgan fingerprint density at radius 1 is 1.19 bits per heavy atom. The van der Waals surface area contributed by atoms with Crippen molar-refractivity contribution in [3.05, 3.63) is 32.7 Å². The topological polar surface area (TPSA) is 93.7 Å². The van der Waals surface area contributed by atoms with Crippen LogP contribution in [0.25, 0.3) is 0 Å². The number of amides is 2. The zero-order chi connectivity index (χ0) is 19.4. The zero-order valence-electron chi connectivity index (χ0n) is 15.6. The molecule has 0 bridgehead atoms. The molecule has 0 spiro atoms. The molecule has 1 aromatic rings. The molecule has 0 aromatic carbocycles. The number of carbonyl (C=O) groups is 3. The molecule has 2 N–H and O–H groups in total. The third kappa shape index (κ3) is 4.16. The first kappa shape index (κ1) is 19.4. The van der Waals surface area contributed by atoms with Crippen LogP contribution in [-0.2, 0) is 27.1 Å². The van der Waals surface area contributed by atoms with E-state index in [2.05, 4.69) is 10.6 Å². The van der Waals surface area contributed by atoms with Gasteiger partial charge in [0.15, 0.2) is 0 Å². The van der Waals surface area contributed by atoms with E-state index in [4.69, 9.17) is 9.47 Å². The van der Waals surface area contributed by atoms with Crippen molar-refractivity contribution in [2.24, 2.45) is 0 Å². The predicted molar refractivity (Wildman–Crippen MR) is 101 cm³/mol. The molecular formula is C19H24N2O5S. The molecule has 0 fully saturated rings. The lowest BCUT2D eigenvalue weighted by Gasteiger charge is -2.28. The van der Waals surface area contributed by atoms with Crippen LogP contribution in [-0.4, -0.2) is 37.2 Å². The first-order valence-corrected chi connectivity index (χ1v) is 10.2. The van der Waals surface area contributed by atoms with Crippen LogP contribution in [0.2, 0.25) is 0 Å². The maximum absolute atomic E-state index is 12.6. The molecule has 27 heavy (non-hydrogen) atoms. The van der Waals surface area contributed by atoms with Crippen molar-refractivity contribution in [3.63, 3.8) is 0 Å². The zero-order valence-corrected chi connectivity index (χ0v) is 16.4. The maximum Gasteiger partial charge on any atom is 0.339 e. The fourth-order valence-corrected chi connectivity index (χ4v) is 4.57. The Morgan fingerprint density at radius 2 is 1.96 bits per heavy atom. The molecule has 2 heterocycles. The van der Waals surface area contributed by atoms with E-state index in [1.54, 1.807) is 18.3 Å². The predicted octanol–water partition coefficient (Wildman–Crippen LogP) is 2.69. The monoisotopic (exact) mass is 392 g/mol. The van der Waals surface area contributed by atoms with Gasteiger partial charge in [0.25, 0.3) is 0 Å². The van der Waals surface area contributed by atoms with Gasteiger partial charge in [0.1, 0.15) is 6.61 Å². The summed E-state index contributed by atoms with van der Waals surface area (Å²) in [6, 6.07) is -0.894. The highest BCUT2D eigenvalue weighted by Crippen LogP contribution is 2.30. The van der Waals surface area contributed by atoms with E-state index in [9.17, 15) is 14.4 Å². The average molecular weight is 392 g/mol. The molecular weight excluding hydrogens is 368 g/mol. The molecule has 8 heteroatoms. The number of urea groups is 1. The summed E-state index contributed by atoms with van der Waals surface area (Å²) in [6.45, 7) is 3.62. The molecule has 0 saturated heterocycles. The normalized spacial score (nSPS) is 19.0. The van der Waals surface area contributed by atoms with E-state index in [1.165, 1.54) is 4.88 Å². The van der Waals surface area contributed by atoms with E-state index < -0.39 is 24.0 Å². The van der Waals surface area contributed by atoms with E-state index >= 15 is 0 Å². The number of carbonyl (C=O) groups excluding carboxylic acids is 3. The Bertz CT molecular complexity index is 783. The van der Waals surface area contributed by atoms with Gasteiger partial charge >= 0.3 is 18.0 Å². The van der Waals surface area contributed by atoms with Crippen LogP contribution in [0.1, 0.15) is 53.9 Å². The fourth-order valence-electron chi connectivity index (χ4n) is 3.46. The minimum atomic E-state index is -0.518. The lowest BCUT2D eigenvalue weighted by molar-refractivity contribution is -0.139. The van der Waals surface area contributed by atoms with Gasteiger partial charge in [0.2, 0.25) is 0 Å². The summed E-state index contributed by atoms with van der Waals surface area (Å²) in [5.41, 5.74) is 2.26. The minimum Gasteiger partial charge on any atom is -0.463 e. The summed E-state index contributed by atoms with van der Waals surface area (Å²) in [7, 11) is 0. The van der Waals surface area contributed by atoms with E-state index in [1.807, 2.05) is 12.3 Å². The average Bonchev–Trinajstić information content (AvgIpc) is 3.09. The third-order valence-corrected chi connectivity index (χ3v) is 5.86. The smallest absolute Gasteiger partial charge is 0.339 e. The van der Waals surface area contributed by atoms with Crippen LogP contribution in [0.15, 0.2) is 16.7 Å². The molecule has 2 aliphatic rings. The van der Waals surface area contributed by atoms with Gasteiger partial charge in [-0.3, -0.25) is 0 Å². The lowest BCUT2D eigenvalue weighted by Crippen LogP contribution is -2.51. The molecule has 146 valence electrons. The van der Waals surface area contributed by atoms with Crippen molar-refractivity contribution < 1.29 is 23.9 Å². The Kier molecular flexibility index (Phi) is 6.15. The Balaban J connectivity index is 1.78. The number of ether oxygens (including phenoxy) is 2. The number of thiophene rings is 1. The molecule has 2 amide bonds.